The molecule has 1 aromatic carbocycles. The van der Waals surface area contributed by atoms with Gasteiger partial charge in [0.1, 0.15) is 5.75 Å². The van der Waals surface area contributed by atoms with Crippen molar-refractivity contribution in [2.75, 3.05) is 18.6 Å². The Labute approximate surface area is 128 Å². The lowest BCUT2D eigenvalue weighted by molar-refractivity contribution is 0.412. The van der Waals surface area contributed by atoms with Gasteiger partial charge in [0.05, 0.1) is 30.7 Å². The second-order valence-electron chi connectivity index (χ2n) is 5.18. The molecule has 3 rings (SSSR count). The first-order valence-electron chi connectivity index (χ1n) is 6.97. The molecule has 2 aromatic rings. The van der Waals surface area contributed by atoms with Gasteiger partial charge in [0.15, 0.2) is 9.84 Å². The van der Waals surface area contributed by atoms with Crippen molar-refractivity contribution in [2.24, 2.45) is 0 Å². The summed E-state index contributed by atoms with van der Waals surface area (Å²) < 4.78 is 33.7. The number of nitrogens with one attached hydrogen (secondary N) is 1. The summed E-state index contributed by atoms with van der Waals surface area (Å²) in [4.78, 5) is 0. The number of aromatic nitrogens is 2. The first-order chi connectivity index (χ1) is 10.6. The third-order valence-corrected chi connectivity index (χ3v) is 5.35. The second kappa shape index (κ2) is 6.05. The van der Waals surface area contributed by atoms with E-state index in [9.17, 15) is 8.42 Å². The highest BCUT2D eigenvalue weighted by Crippen LogP contribution is 2.28. The van der Waals surface area contributed by atoms with Crippen LogP contribution in [0.2, 0.25) is 0 Å². The van der Waals surface area contributed by atoms with Crippen LogP contribution in [0.5, 0.6) is 5.75 Å². The van der Waals surface area contributed by atoms with Crippen molar-refractivity contribution in [1.29, 1.82) is 0 Å². The minimum Gasteiger partial charge on any atom is -0.496 e. The van der Waals surface area contributed by atoms with Gasteiger partial charge < -0.3 is 14.5 Å². The lowest BCUT2D eigenvalue weighted by atomic mass is 10.2. The minimum absolute atomic E-state index is 0.0494. The van der Waals surface area contributed by atoms with E-state index in [2.05, 4.69) is 15.5 Å². The molecule has 2 heterocycles. The molecule has 8 heteroatoms. The smallest absolute Gasteiger partial charge is 0.251 e. The number of benzene rings is 1. The topological polar surface area (TPSA) is 94.3 Å². The van der Waals surface area contributed by atoms with Gasteiger partial charge in [-0.1, -0.05) is 12.1 Å². The first-order valence-corrected chi connectivity index (χ1v) is 8.79. The fourth-order valence-corrected chi connectivity index (χ4v) is 4.15. The van der Waals surface area contributed by atoms with Crippen molar-refractivity contribution >= 4 is 9.84 Å². The standard InChI is InChI=1S/C14H17N3O4S/c1-20-12-5-3-2-4-11(12)14-17-16-13(21-14)8-15-10-6-7-22(18,19)9-10/h2-5,10,15H,6-9H2,1H3. The summed E-state index contributed by atoms with van der Waals surface area (Å²) in [5.41, 5.74) is 0.729. The largest absolute Gasteiger partial charge is 0.496 e. The van der Waals surface area contributed by atoms with E-state index in [1.165, 1.54) is 0 Å². The third kappa shape index (κ3) is 3.28. The Balaban J connectivity index is 1.67. The molecule has 1 fully saturated rings. The maximum absolute atomic E-state index is 11.4. The summed E-state index contributed by atoms with van der Waals surface area (Å²) in [6, 6.07) is 7.34. The van der Waals surface area contributed by atoms with E-state index in [0.29, 0.717) is 30.5 Å². The zero-order valence-corrected chi connectivity index (χ0v) is 13.0. The Morgan fingerprint density at radius 3 is 2.91 bits per heavy atom. The van der Waals surface area contributed by atoms with Gasteiger partial charge in [0, 0.05) is 6.04 Å². The van der Waals surface area contributed by atoms with Gasteiger partial charge in [-0.15, -0.1) is 10.2 Å². The van der Waals surface area contributed by atoms with Gasteiger partial charge in [-0.25, -0.2) is 8.42 Å². The molecule has 0 saturated carbocycles. The van der Waals surface area contributed by atoms with Crippen LogP contribution in [0, 0.1) is 0 Å². The Morgan fingerprint density at radius 1 is 1.36 bits per heavy atom. The molecule has 118 valence electrons. The van der Waals surface area contributed by atoms with Crippen molar-refractivity contribution in [3.8, 4) is 17.2 Å². The molecular formula is C14H17N3O4S. The molecular weight excluding hydrogens is 306 g/mol. The highest BCUT2D eigenvalue weighted by molar-refractivity contribution is 7.91. The van der Waals surface area contributed by atoms with Crippen LogP contribution in [-0.2, 0) is 16.4 Å². The summed E-state index contributed by atoms with van der Waals surface area (Å²) in [7, 11) is -1.31. The zero-order chi connectivity index (χ0) is 15.6. The quantitative estimate of drug-likeness (QED) is 0.878. The van der Waals surface area contributed by atoms with E-state index in [0.717, 1.165) is 5.56 Å². The number of nitrogens with zero attached hydrogens (tertiary/aromatic N) is 2. The van der Waals surface area contributed by atoms with Crippen molar-refractivity contribution in [3.05, 3.63) is 30.2 Å². The molecule has 7 nitrogen and oxygen atoms in total. The molecule has 1 aromatic heterocycles. The third-order valence-electron chi connectivity index (χ3n) is 3.58. The van der Waals surface area contributed by atoms with Crippen LogP contribution in [0.3, 0.4) is 0 Å². The lowest BCUT2D eigenvalue weighted by Gasteiger charge is -2.07. The monoisotopic (exact) mass is 323 g/mol. The molecule has 0 amide bonds. The highest BCUT2D eigenvalue weighted by Gasteiger charge is 2.27. The molecule has 22 heavy (non-hydrogen) atoms. The minimum atomic E-state index is -2.89. The molecule has 1 aliphatic rings. The molecule has 0 bridgehead atoms. The number of hydrogen-bond donors (Lipinski definition) is 1. The van der Waals surface area contributed by atoms with Crippen LogP contribution in [0.25, 0.3) is 11.5 Å². The van der Waals surface area contributed by atoms with Gasteiger partial charge in [-0.05, 0) is 18.6 Å². The average Bonchev–Trinajstić information content (AvgIpc) is 3.11. The molecule has 1 N–H and O–H groups in total. The highest BCUT2D eigenvalue weighted by atomic mass is 32.2. The molecule has 0 aliphatic carbocycles. The van der Waals surface area contributed by atoms with Crippen molar-refractivity contribution in [3.63, 3.8) is 0 Å². The Hall–Kier alpha value is -1.93. The van der Waals surface area contributed by atoms with Crippen LogP contribution in [-0.4, -0.2) is 43.3 Å². The van der Waals surface area contributed by atoms with Gasteiger partial charge >= 0.3 is 0 Å². The summed E-state index contributed by atoms with van der Waals surface area (Å²) in [5.74, 6) is 1.87. The van der Waals surface area contributed by atoms with E-state index in [1.54, 1.807) is 7.11 Å². The number of ether oxygens (including phenoxy) is 1. The Morgan fingerprint density at radius 2 is 2.18 bits per heavy atom. The molecule has 1 aliphatic heterocycles. The van der Waals surface area contributed by atoms with Crippen LogP contribution in [0.15, 0.2) is 28.7 Å². The van der Waals surface area contributed by atoms with E-state index in [1.807, 2.05) is 24.3 Å². The van der Waals surface area contributed by atoms with Gasteiger partial charge in [-0.2, -0.15) is 0 Å². The molecule has 1 unspecified atom stereocenters. The number of rotatable bonds is 5. The van der Waals surface area contributed by atoms with Crippen LogP contribution >= 0.6 is 0 Å². The van der Waals surface area contributed by atoms with Gasteiger partial charge in [0.25, 0.3) is 5.89 Å². The first kappa shape index (κ1) is 15.0. The maximum atomic E-state index is 11.4. The molecule has 1 atom stereocenters. The molecule has 0 spiro atoms. The van der Waals surface area contributed by atoms with Crippen LogP contribution < -0.4 is 10.1 Å². The van der Waals surface area contributed by atoms with E-state index in [4.69, 9.17) is 9.15 Å². The summed E-state index contributed by atoms with van der Waals surface area (Å²) in [6.45, 7) is 0.350. The van der Waals surface area contributed by atoms with E-state index in [-0.39, 0.29) is 17.5 Å². The van der Waals surface area contributed by atoms with Crippen molar-refractivity contribution in [2.45, 2.75) is 19.0 Å². The van der Waals surface area contributed by atoms with Crippen molar-refractivity contribution < 1.29 is 17.6 Å². The number of sulfone groups is 1. The lowest BCUT2D eigenvalue weighted by Crippen LogP contribution is -2.29. The summed E-state index contributed by atoms with van der Waals surface area (Å²) in [5, 5.41) is 11.1. The van der Waals surface area contributed by atoms with Crippen molar-refractivity contribution in [1.82, 2.24) is 15.5 Å². The predicted molar refractivity (Wildman–Crippen MR) is 80.2 cm³/mol. The summed E-state index contributed by atoms with van der Waals surface area (Å²) in [6.07, 6.45) is 0.621. The fourth-order valence-electron chi connectivity index (χ4n) is 2.44. The summed E-state index contributed by atoms with van der Waals surface area (Å²) >= 11 is 0. The second-order valence-corrected chi connectivity index (χ2v) is 7.41. The normalized spacial score (nSPS) is 20.1. The van der Waals surface area contributed by atoms with Crippen LogP contribution in [0.1, 0.15) is 12.3 Å². The number of hydrogen-bond acceptors (Lipinski definition) is 7. The number of para-hydroxylation sites is 1. The van der Waals surface area contributed by atoms with Gasteiger partial charge in [0.2, 0.25) is 5.89 Å². The predicted octanol–water partition coefficient (Wildman–Crippen LogP) is 1.02. The van der Waals surface area contributed by atoms with E-state index >= 15 is 0 Å². The number of methoxy groups -OCH3 is 1. The van der Waals surface area contributed by atoms with Crippen LogP contribution in [0.4, 0.5) is 0 Å². The van der Waals surface area contributed by atoms with E-state index < -0.39 is 9.84 Å². The average molecular weight is 323 g/mol. The van der Waals surface area contributed by atoms with Gasteiger partial charge in [-0.3, -0.25) is 0 Å². The molecule has 1 saturated heterocycles. The zero-order valence-electron chi connectivity index (χ0n) is 12.2. The molecule has 0 radical (unpaired) electrons. The Bertz CT molecular complexity index is 757. The SMILES string of the molecule is COc1ccccc1-c1nnc(CNC2CCS(=O)(=O)C2)o1. The Kier molecular flexibility index (Phi) is 4.12. The maximum Gasteiger partial charge on any atom is 0.251 e. The fraction of sp³-hybridized carbons (Fsp3) is 0.429.